The summed E-state index contributed by atoms with van der Waals surface area (Å²) in [5, 5.41) is 6.45. The van der Waals surface area contributed by atoms with Crippen LogP contribution in [0.5, 0.6) is 5.75 Å². The zero-order chi connectivity index (χ0) is 31.4. The van der Waals surface area contributed by atoms with Crippen molar-refractivity contribution in [3.8, 4) is 16.9 Å². The number of alkyl halides is 3. The third-order valence-corrected chi connectivity index (χ3v) is 7.35. The van der Waals surface area contributed by atoms with Crippen LogP contribution in [0, 0.1) is 30.2 Å². The second kappa shape index (κ2) is 10.7. The van der Waals surface area contributed by atoms with Gasteiger partial charge >= 0.3 is 6.18 Å². The van der Waals surface area contributed by atoms with Crippen molar-refractivity contribution in [2.75, 3.05) is 5.32 Å². The summed E-state index contributed by atoms with van der Waals surface area (Å²) in [6.45, 7) is 0.844. The van der Waals surface area contributed by atoms with Crippen molar-refractivity contribution in [1.29, 1.82) is 0 Å². The third kappa shape index (κ3) is 5.38. The zero-order valence-corrected chi connectivity index (χ0v) is 22.5. The molecule has 0 aliphatic carbocycles. The van der Waals surface area contributed by atoms with Gasteiger partial charge in [-0.05, 0) is 30.7 Å². The first-order chi connectivity index (χ1) is 20.2. The first-order valence-corrected chi connectivity index (χ1v) is 12.7. The summed E-state index contributed by atoms with van der Waals surface area (Å²) >= 11 is 0.526. The van der Waals surface area contributed by atoms with E-state index in [1.54, 1.807) is 14.0 Å². The Balaban J connectivity index is 1.52. The summed E-state index contributed by atoms with van der Waals surface area (Å²) in [6, 6.07) is 3.03. The van der Waals surface area contributed by atoms with E-state index in [2.05, 4.69) is 15.4 Å². The number of amides is 2. The van der Waals surface area contributed by atoms with E-state index in [4.69, 9.17) is 14.9 Å². The normalized spacial score (nSPS) is 11.7. The molecule has 0 bridgehead atoms. The average molecular weight is 627 g/mol. The predicted octanol–water partition coefficient (Wildman–Crippen LogP) is 6.10. The monoisotopic (exact) mass is 627 g/mol. The molecule has 0 atom stereocenters. The molecule has 5 aromatic rings. The molecule has 4 aromatic heterocycles. The highest BCUT2D eigenvalue weighted by molar-refractivity contribution is 7.21. The van der Waals surface area contributed by atoms with E-state index in [0.717, 1.165) is 18.2 Å². The second-order valence-electron chi connectivity index (χ2n) is 8.98. The van der Waals surface area contributed by atoms with Gasteiger partial charge in [-0.2, -0.15) is 27.1 Å². The topological polar surface area (TPSA) is 125 Å². The minimum Gasteiger partial charge on any atom is -0.479 e. The van der Waals surface area contributed by atoms with Gasteiger partial charge in [-0.1, -0.05) is 0 Å². The molecule has 5 rings (SSSR count). The number of rotatable bonds is 7. The maximum absolute atomic E-state index is 13.9. The highest BCUT2D eigenvalue weighted by Crippen LogP contribution is 2.44. The lowest BCUT2D eigenvalue weighted by Gasteiger charge is -2.12. The molecule has 17 heteroatoms. The molecular formula is C26H16F7N5O4S. The molecule has 3 N–H and O–H groups in total. The number of ether oxygens (including phenoxy) is 1. The summed E-state index contributed by atoms with van der Waals surface area (Å²) in [5.41, 5.74) is 4.67. The Morgan fingerprint density at radius 2 is 1.77 bits per heavy atom. The van der Waals surface area contributed by atoms with Crippen LogP contribution in [0.2, 0.25) is 0 Å². The molecule has 0 spiro atoms. The van der Waals surface area contributed by atoms with Gasteiger partial charge in [0.05, 0.1) is 11.9 Å². The van der Waals surface area contributed by atoms with Crippen LogP contribution in [0.15, 0.2) is 34.9 Å². The number of carbonyl (C=O) groups excluding carboxylic acids is 2. The van der Waals surface area contributed by atoms with E-state index in [1.807, 2.05) is 0 Å². The Morgan fingerprint density at radius 1 is 1.09 bits per heavy atom. The number of anilines is 1. The van der Waals surface area contributed by atoms with E-state index < -0.39 is 65.1 Å². The first kappa shape index (κ1) is 29.6. The van der Waals surface area contributed by atoms with Gasteiger partial charge in [0.1, 0.15) is 27.8 Å². The zero-order valence-electron chi connectivity index (χ0n) is 21.7. The highest BCUT2D eigenvalue weighted by atomic mass is 32.1. The predicted molar refractivity (Wildman–Crippen MR) is 137 cm³/mol. The molecule has 1 aromatic carbocycles. The van der Waals surface area contributed by atoms with Gasteiger partial charge in [0.2, 0.25) is 11.6 Å². The van der Waals surface area contributed by atoms with Crippen molar-refractivity contribution in [2.24, 2.45) is 12.8 Å². The maximum atomic E-state index is 13.9. The Morgan fingerprint density at radius 3 is 2.35 bits per heavy atom. The minimum atomic E-state index is -4.85. The number of thiophene rings is 1. The number of aryl methyl sites for hydroxylation is 1. The summed E-state index contributed by atoms with van der Waals surface area (Å²) < 4.78 is 107. The summed E-state index contributed by atoms with van der Waals surface area (Å²) in [7, 11) is 1.57. The standard InChI is InChI=1S/C26H16F7N5O4S/c1-9-12(7-35-38(9)2)11-5-16(26(31,32)33)36-25-17(11)20(22(43-25)23(34)39)37-24(40)15-4-3-10(42-15)8-41-21-18(29)13(27)6-14(28)19(21)30/h3-7H,8H2,1-2H3,(H2,34,39)(H,37,40). The van der Waals surface area contributed by atoms with E-state index in [0.29, 0.717) is 17.0 Å². The number of nitrogens with one attached hydrogen (secondary N) is 1. The SMILES string of the molecule is Cc1c(-c2cc(C(F)(F)F)nc3sc(C(N)=O)c(NC(=O)c4ccc(COc5c(F)c(F)cc(F)c5F)o4)c23)cnn1C. The van der Waals surface area contributed by atoms with Crippen LogP contribution in [0.25, 0.3) is 21.3 Å². The number of carbonyl (C=O) groups is 2. The number of pyridine rings is 1. The number of nitrogens with zero attached hydrogens (tertiary/aromatic N) is 3. The van der Waals surface area contributed by atoms with Crippen LogP contribution in [0.4, 0.5) is 36.4 Å². The Hall–Kier alpha value is -4.93. The van der Waals surface area contributed by atoms with Crippen LogP contribution >= 0.6 is 11.3 Å². The molecule has 9 nitrogen and oxygen atoms in total. The van der Waals surface area contributed by atoms with Gasteiger partial charge < -0.3 is 20.2 Å². The first-order valence-electron chi connectivity index (χ1n) is 11.9. The number of hydrogen-bond acceptors (Lipinski definition) is 7. The second-order valence-corrected chi connectivity index (χ2v) is 9.98. The van der Waals surface area contributed by atoms with Crippen molar-refractivity contribution in [3.05, 3.63) is 81.5 Å². The number of furan rings is 1. The van der Waals surface area contributed by atoms with Crippen LogP contribution in [-0.2, 0) is 19.8 Å². The molecule has 0 aliphatic rings. The quantitative estimate of drug-likeness (QED) is 0.166. The smallest absolute Gasteiger partial charge is 0.433 e. The fourth-order valence-corrected chi connectivity index (χ4v) is 5.09. The highest BCUT2D eigenvalue weighted by Gasteiger charge is 2.35. The molecule has 43 heavy (non-hydrogen) atoms. The number of primary amides is 1. The fourth-order valence-electron chi connectivity index (χ4n) is 4.09. The number of halogens is 7. The fraction of sp³-hybridized carbons (Fsp3) is 0.154. The van der Waals surface area contributed by atoms with Gasteiger partial charge in [0.25, 0.3) is 11.8 Å². The lowest BCUT2D eigenvalue weighted by Crippen LogP contribution is -2.16. The Kier molecular flexibility index (Phi) is 7.37. The van der Waals surface area contributed by atoms with Gasteiger partial charge in [0, 0.05) is 29.8 Å². The molecular weight excluding hydrogens is 611 g/mol. The number of hydrogen-bond donors (Lipinski definition) is 2. The summed E-state index contributed by atoms with van der Waals surface area (Å²) in [5.74, 6) is -11.0. The Labute approximate surface area is 239 Å². The number of nitrogens with two attached hydrogens (primary N) is 1. The molecule has 0 fully saturated rings. The van der Waals surface area contributed by atoms with Crippen molar-refractivity contribution >= 4 is 39.1 Å². The van der Waals surface area contributed by atoms with Crippen LogP contribution in [-0.4, -0.2) is 26.6 Å². The van der Waals surface area contributed by atoms with Crippen molar-refractivity contribution in [3.63, 3.8) is 0 Å². The van der Waals surface area contributed by atoms with Crippen LogP contribution in [0.1, 0.15) is 37.4 Å². The maximum Gasteiger partial charge on any atom is 0.433 e. The van der Waals surface area contributed by atoms with Gasteiger partial charge in [-0.3, -0.25) is 14.3 Å². The molecule has 0 radical (unpaired) electrons. The van der Waals surface area contributed by atoms with E-state index in [-0.39, 0.29) is 43.7 Å². The molecule has 0 saturated carbocycles. The molecule has 0 saturated heterocycles. The van der Waals surface area contributed by atoms with Gasteiger partial charge in [-0.15, -0.1) is 11.3 Å². The molecule has 2 amide bonds. The van der Waals surface area contributed by atoms with Crippen LogP contribution in [0.3, 0.4) is 0 Å². The lowest BCUT2D eigenvalue weighted by atomic mass is 10.0. The van der Waals surface area contributed by atoms with Crippen molar-refractivity contribution in [1.82, 2.24) is 14.8 Å². The van der Waals surface area contributed by atoms with E-state index in [1.165, 1.54) is 10.9 Å². The lowest BCUT2D eigenvalue weighted by molar-refractivity contribution is -0.140. The molecule has 0 unspecified atom stereocenters. The average Bonchev–Trinajstić information content (AvgIpc) is 3.64. The van der Waals surface area contributed by atoms with Gasteiger partial charge in [-0.25, -0.2) is 13.8 Å². The molecule has 4 heterocycles. The van der Waals surface area contributed by atoms with Crippen molar-refractivity contribution < 1.29 is 49.5 Å². The van der Waals surface area contributed by atoms with Crippen LogP contribution < -0.4 is 15.8 Å². The van der Waals surface area contributed by atoms with E-state index in [9.17, 15) is 40.3 Å². The molecule has 224 valence electrons. The Bertz CT molecular complexity index is 1900. The largest absolute Gasteiger partial charge is 0.479 e. The summed E-state index contributed by atoms with van der Waals surface area (Å²) in [6.07, 6.45) is -3.54. The number of fused-ring (bicyclic) bond motifs is 1. The van der Waals surface area contributed by atoms with Crippen molar-refractivity contribution in [2.45, 2.75) is 19.7 Å². The molecule has 0 aliphatic heterocycles. The van der Waals surface area contributed by atoms with Gasteiger partial charge in [0.15, 0.2) is 23.1 Å². The van der Waals surface area contributed by atoms with E-state index >= 15 is 0 Å². The minimum absolute atomic E-state index is 0.00181. The number of aromatic nitrogens is 3. The number of benzene rings is 1. The third-order valence-electron chi connectivity index (χ3n) is 6.26. The summed E-state index contributed by atoms with van der Waals surface area (Å²) in [4.78, 5) is 28.5.